The minimum Gasteiger partial charge on any atom is -0.480 e. The van der Waals surface area contributed by atoms with E-state index in [0.717, 1.165) is 65.2 Å². The summed E-state index contributed by atoms with van der Waals surface area (Å²) < 4.78 is 20.1. The Morgan fingerprint density at radius 3 is 2.26 bits per heavy atom. The third kappa shape index (κ3) is 9.10. The molecule has 3 aromatic rings. The Labute approximate surface area is 290 Å². The topological polar surface area (TPSA) is 143 Å². The van der Waals surface area contributed by atoms with E-state index in [1.54, 1.807) is 29.2 Å². The largest absolute Gasteiger partial charge is 0.480 e. The van der Waals surface area contributed by atoms with Gasteiger partial charge in [-0.3, -0.25) is 24.2 Å². The number of carbonyl (C=O) groups is 3. The highest BCUT2D eigenvalue weighted by Crippen LogP contribution is 2.22. The molecular formula is C36H46FN7O6. The minimum atomic E-state index is -0.941. The molecule has 0 radical (unpaired) electrons. The van der Waals surface area contributed by atoms with Gasteiger partial charge in [0.25, 0.3) is 11.5 Å². The second-order valence-electron chi connectivity index (χ2n) is 13.5. The molecule has 0 bridgehead atoms. The lowest BCUT2D eigenvalue weighted by molar-refractivity contribution is -0.142. The van der Waals surface area contributed by atoms with Gasteiger partial charge in [-0.1, -0.05) is 24.3 Å². The molecule has 0 unspecified atom stereocenters. The van der Waals surface area contributed by atoms with Crippen molar-refractivity contribution in [3.63, 3.8) is 0 Å². The van der Waals surface area contributed by atoms with Gasteiger partial charge in [0.1, 0.15) is 12.4 Å². The summed E-state index contributed by atoms with van der Waals surface area (Å²) in [6.07, 6.45) is 2.43. The van der Waals surface area contributed by atoms with Gasteiger partial charge in [0.15, 0.2) is 0 Å². The fourth-order valence-corrected chi connectivity index (χ4v) is 7.21. The number of piperazine rings is 2. The van der Waals surface area contributed by atoms with Gasteiger partial charge >= 0.3 is 5.97 Å². The summed E-state index contributed by atoms with van der Waals surface area (Å²) in [5.41, 5.74) is 1.05. The van der Waals surface area contributed by atoms with Crippen LogP contribution in [0.15, 0.2) is 47.3 Å². The molecule has 0 spiro atoms. The summed E-state index contributed by atoms with van der Waals surface area (Å²) >= 11 is 0. The molecule has 3 aliphatic rings. The van der Waals surface area contributed by atoms with Crippen molar-refractivity contribution in [1.29, 1.82) is 0 Å². The van der Waals surface area contributed by atoms with Crippen LogP contribution in [-0.2, 0) is 20.7 Å². The molecule has 3 saturated heterocycles. The molecular weight excluding hydrogens is 645 g/mol. The Bertz CT molecular complexity index is 1710. The molecule has 14 heteroatoms. The van der Waals surface area contributed by atoms with Gasteiger partial charge in [-0.15, -0.1) is 0 Å². The third-order valence-corrected chi connectivity index (χ3v) is 10.2. The maximum atomic E-state index is 14.9. The number of carboxylic acids is 1. The number of rotatable bonds is 12. The van der Waals surface area contributed by atoms with E-state index in [0.29, 0.717) is 73.7 Å². The number of piperidine rings is 1. The molecule has 6 rings (SSSR count). The summed E-state index contributed by atoms with van der Waals surface area (Å²) in [6, 6.07) is 11.7. The van der Waals surface area contributed by atoms with Crippen LogP contribution in [-0.4, -0.2) is 156 Å². The molecule has 4 heterocycles. The van der Waals surface area contributed by atoms with Crippen LogP contribution in [0.25, 0.3) is 10.8 Å². The molecule has 0 atom stereocenters. The Morgan fingerprint density at radius 2 is 1.54 bits per heavy atom. The standard InChI is InChI=1S/C36H46FN7O6/c37-31-6-5-27(22-32-28-3-1-2-4-29(28)35(48)39-38-32)21-30(31)36(49)44-17-15-43(16-18-44)33(45)24-41-9-7-26(8-10-41)23-42-13-11-40(12-14-42)19-20-50-25-34(46)47/h1-6,21,26H,7-20,22-25H2,(H,39,48)(H,46,47). The summed E-state index contributed by atoms with van der Waals surface area (Å²) in [5.74, 6) is -1.27. The summed E-state index contributed by atoms with van der Waals surface area (Å²) in [7, 11) is 0. The first kappa shape index (κ1) is 35.6. The second kappa shape index (κ2) is 16.6. The van der Waals surface area contributed by atoms with Gasteiger partial charge in [0.2, 0.25) is 5.91 Å². The van der Waals surface area contributed by atoms with Gasteiger partial charge in [0, 0.05) is 77.3 Å². The minimum absolute atomic E-state index is 0.0108. The molecule has 2 amide bonds. The first-order valence-corrected chi connectivity index (χ1v) is 17.5. The van der Waals surface area contributed by atoms with Gasteiger partial charge in [0.05, 0.1) is 29.8 Å². The lowest BCUT2D eigenvalue weighted by Gasteiger charge is -2.39. The van der Waals surface area contributed by atoms with Crippen molar-refractivity contribution in [1.82, 2.24) is 34.7 Å². The van der Waals surface area contributed by atoms with Gasteiger partial charge in [-0.25, -0.2) is 14.3 Å². The van der Waals surface area contributed by atoms with Crippen molar-refractivity contribution in [2.75, 3.05) is 98.3 Å². The van der Waals surface area contributed by atoms with E-state index in [4.69, 9.17) is 9.84 Å². The average Bonchev–Trinajstić information content (AvgIpc) is 3.13. The monoisotopic (exact) mass is 691 g/mol. The van der Waals surface area contributed by atoms with Crippen molar-refractivity contribution in [3.8, 4) is 0 Å². The molecule has 1 aromatic heterocycles. The molecule has 0 saturated carbocycles. The smallest absolute Gasteiger partial charge is 0.329 e. The Kier molecular flexibility index (Phi) is 11.8. The van der Waals surface area contributed by atoms with Crippen LogP contribution >= 0.6 is 0 Å². The number of H-pyrrole nitrogens is 1. The highest BCUT2D eigenvalue weighted by Gasteiger charge is 2.29. The van der Waals surface area contributed by atoms with Crippen molar-refractivity contribution < 1.29 is 28.6 Å². The Morgan fingerprint density at radius 1 is 0.860 bits per heavy atom. The third-order valence-electron chi connectivity index (χ3n) is 10.2. The second-order valence-corrected chi connectivity index (χ2v) is 13.5. The number of carboxylic acid groups (broad SMARTS) is 1. The highest BCUT2D eigenvalue weighted by atomic mass is 19.1. The maximum absolute atomic E-state index is 14.9. The molecule has 13 nitrogen and oxygen atoms in total. The van der Waals surface area contributed by atoms with Gasteiger partial charge < -0.3 is 24.5 Å². The van der Waals surface area contributed by atoms with E-state index in [1.807, 2.05) is 17.0 Å². The number of hydrogen-bond acceptors (Lipinski definition) is 9. The average molecular weight is 692 g/mol. The fraction of sp³-hybridized carbons (Fsp3) is 0.528. The molecule has 268 valence electrons. The number of ether oxygens (including phenoxy) is 1. The number of carbonyl (C=O) groups excluding carboxylic acids is 2. The zero-order valence-electron chi connectivity index (χ0n) is 28.4. The van der Waals surface area contributed by atoms with E-state index < -0.39 is 17.7 Å². The zero-order valence-corrected chi connectivity index (χ0v) is 28.4. The Balaban J connectivity index is 0.917. The van der Waals surface area contributed by atoms with E-state index in [9.17, 15) is 23.6 Å². The Hall–Kier alpha value is -4.24. The lowest BCUT2D eigenvalue weighted by Crippen LogP contribution is -2.53. The summed E-state index contributed by atoms with van der Waals surface area (Å²) in [5, 5.41) is 16.7. The number of fused-ring (bicyclic) bond motifs is 1. The SMILES string of the molecule is O=C(O)COCCN1CCN(CC2CCN(CC(=O)N3CCN(C(=O)c4cc(Cc5n[nH]c(=O)c6ccccc56)ccc4F)CC3)CC2)CC1. The highest BCUT2D eigenvalue weighted by molar-refractivity contribution is 5.95. The van der Waals surface area contributed by atoms with E-state index in [2.05, 4.69) is 24.9 Å². The van der Waals surface area contributed by atoms with E-state index in [-0.39, 0.29) is 23.6 Å². The molecule has 3 fully saturated rings. The molecule has 50 heavy (non-hydrogen) atoms. The predicted octanol–water partition coefficient (Wildman–Crippen LogP) is 1.37. The zero-order chi connectivity index (χ0) is 35.0. The molecule has 0 aliphatic carbocycles. The van der Waals surface area contributed by atoms with E-state index >= 15 is 0 Å². The number of benzene rings is 2. The van der Waals surface area contributed by atoms with Crippen molar-refractivity contribution in [2.24, 2.45) is 5.92 Å². The molecule has 3 aliphatic heterocycles. The van der Waals surface area contributed by atoms with Crippen molar-refractivity contribution in [2.45, 2.75) is 19.3 Å². The van der Waals surface area contributed by atoms with Crippen LogP contribution in [0.3, 0.4) is 0 Å². The summed E-state index contributed by atoms with van der Waals surface area (Å²) in [4.78, 5) is 59.8. The normalized spacial score (nSPS) is 18.5. The number of nitrogens with one attached hydrogen (secondary N) is 1. The number of aromatic amines is 1. The number of aromatic nitrogens is 2. The quantitative estimate of drug-likeness (QED) is 0.268. The van der Waals surface area contributed by atoms with Crippen LogP contribution < -0.4 is 5.56 Å². The number of halogens is 1. The van der Waals surface area contributed by atoms with Crippen LogP contribution in [0.5, 0.6) is 0 Å². The number of hydrogen-bond donors (Lipinski definition) is 2. The van der Waals surface area contributed by atoms with Crippen molar-refractivity contribution >= 4 is 28.6 Å². The fourth-order valence-electron chi connectivity index (χ4n) is 7.21. The lowest BCUT2D eigenvalue weighted by atomic mass is 9.96. The molecule has 2 aromatic carbocycles. The van der Waals surface area contributed by atoms with Crippen LogP contribution in [0.1, 0.15) is 34.5 Å². The predicted molar refractivity (Wildman–Crippen MR) is 185 cm³/mol. The molecule has 2 N–H and O–H groups in total. The number of nitrogens with zero attached hydrogens (tertiary/aromatic N) is 6. The maximum Gasteiger partial charge on any atom is 0.329 e. The van der Waals surface area contributed by atoms with Gasteiger partial charge in [-0.2, -0.15) is 5.10 Å². The first-order chi connectivity index (χ1) is 24.2. The summed E-state index contributed by atoms with van der Waals surface area (Å²) in [6.45, 7) is 9.54. The van der Waals surface area contributed by atoms with Crippen LogP contribution in [0, 0.1) is 11.7 Å². The number of amides is 2. The number of likely N-dealkylation sites (tertiary alicyclic amines) is 1. The van der Waals surface area contributed by atoms with Crippen LogP contribution in [0.2, 0.25) is 0 Å². The van der Waals surface area contributed by atoms with Crippen LogP contribution in [0.4, 0.5) is 4.39 Å². The van der Waals surface area contributed by atoms with E-state index in [1.165, 1.54) is 6.07 Å². The van der Waals surface area contributed by atoms with Gasteiger partial charge in [-0.05, 0) is 55.6 Å². The van der Waals surface area contributed by atoms with Crippen molar-refractivity contribution in [3.05, 3.63) is 75.5 Å². The first-order valence-electron chi connectivity index (χ1n) is 17.5. The number of aliphatic carboxylic acids is 1.